The van der Waals surface area contributed by atoms with Gasteiger partial charge in [-0.1, -0.05) is 115 Å². The molecule has 0 saturated heterocycles. The van der Waals surface area contributed by atoms with Gasteiger partial charge < -0.3 is 0 Å². The van der Waals surface area contributed by atoms with Gasteiger partial charge in [0.1, 0.15) is 0 Å². The molecule has 0 aliphatic carbocycles. The molecule has 0 aromatic heterocycles. The lowest BCUT2D eigenvalue weighted by Gasteiger charge is -2.07. The molecule has 0 atom stereocenters. The normalized spacial score (nSPS) is 10.9. The lowest BCUT2D eigenvalue weighted by molar-refractivity contribution is -0.182. The zero-order valence-electron chi connectivity index (χ0n) is 17.4. The van der Waals surface area contributed by atoms with Gasteiger partial charge in [-0.05, 0) is 24.5 Å². The molecule has 0 bridgehead atoms. The minimum absolute atomic E-state index is 0.477. The number of aryl methyl sites for hydroxylation is 1. The van der Waals surface area contributed by atoms with Gasteiger partial charge in [0, 0.05) is 0 Å². The summed E-state index contributed by atoms with van der Waals surface area (Å²) in [5.74, 6) is -0.661. The molecule has 0 saturated carbocycles. The molecule has 0 fully saturated rings. The van der Waals surface area contributed by atoms with Crippen LogP contribution in [0.5, 0.6) is 0 Å². The van der Waals surface area contributed by atoms with E-state index in [0.717, 1.165) is 18.4 Å². The van der Waals surface area contributed by atoms with E-state index in [1.54, 1.807) is 12.1 Å². The highest BCUT2D eigenvalue weighted by Crippen LogP contribution is 2.16. The predicted molar refractivity (Wildman–Crippen MR) is 113 cm³/mol. The summed E-state index contributed by atoms with van der Waals surface area (Å²) in [4.78, 5) is 15.4. The Labute approximate surface area is 166 Å². The molecule has 0 heterocycles. The van der Waals surface area contributed by atoms with Crippen LogP contribution < -0.4 is 0 Å². The molecule has 0 spiro atoms. The van der Waals surface area contributed by atoms with E-state index in [2.05, 4.69) is 11.8 Å². The number of carbonyl (C=O) groups is 1. The summed E-state index contributed by atoms with van der Waals surface area (Å²) in [5.41, 5.74) is 1.44. The molecule has 3 nitrogen and oxygen atoms in total. The average molecular weight is 377 g/mol. The maximum atomic E-state index is 11.5. The van der Waals surface area contributed by atoms with Gasteiger partial charge in [-0.2, -0.15) is 5.26 Å². The van der Waals surface area contributed by atoms with Crippen molar-refractivity contribution in [3.05, 3.63) is 35.4 Å². The van der Waals surface area contributed by atoms with Gasteiger partial charge in [-0.25, -0.2) is 4.79 Å². The highest BCUT2D eigenvalue weighted by atomic mass is 17.1. The Hall–Kier alpha value is -1.35. The van der Waals surface area contributed by atoms with E-state index in [9.17, 15) is 4.79 Å². The Morgan fingerprint density at radius 2 is 1.19 bits per heavy atom. The van der Waals surface area contributed by atoms with Gasteiger partial charge in [0.2, 0.25) is 0 Å². The summed E-state index contributed by atoms with van der Waals surface area (Å²) in [6.07, 6.45) is 21.1. The zero-order valence-corrected chi connectivity index (χ0v) is 17.4. The van der Waals surface area contributed by atoms with E-state index >= 15 is 0 Å². The second kappa shape index (κ2) is 16.8. The molecule has 0 unspecified atom stereocenters. The van der Waals surface area contributed by atoms with E-state index in [0.29, 0.717) is 5.56 Å². The molecule has 1 rings (SSSR count). The molecule has 0 radical (unpaired) electrons. The summed E-state index contributed by atoms with van der Waals surface area (Å²) in [6.45, 7) is 2.27. The predicted octanol–water partition coefficient (Wildman–Crippen LogP) is 7.73. The quantitative estimate of drug-likeness (QED) is 0.172. The molecule has 0 aliphatic heterocycles. The molecule has 1 aromatic carbocycles. The number of unbranched alkanes of at least 4 members (excludes halogenated alkanes) is 14. The zero-order chi connectivity index (χ0) is 19.6. The van der Waals surface area contributed by atoms with Gasteiger partial charge >= 0.3 is 5.97 Å². The molecule has 1 N–H and O–H groups in total. The lowest BCUT2D eigenvalue weighted by atomic mass is 10.00. The van der Waals surface area contributed by atoms with Crippen molar-refractivity contribution in [1.82, 2.24) is 0 Å². The second-order valence-corrected chi connectivity index (χ2v) is 7.74. The van der Waals surface area contributed by atoms with Gasteiger partial charge in [0.05, 0.1) is 5.56 Å². The van der Waals surface area contributed by atoms with Crippen molar-refractivity contribution in [3.8, 4) is 0 Å². The van der Waals surface area contributed by atoms with Gasteiger partial charge in [0.25, 0.3) is 0 Å². The Morgan fingerprint density at radius 3 is 1.67 bits per heavy atom. The molecular weight excluding hydrogens is 336 g/mol. The van der Waals surface area contributed by atoms with Crippen molar-refractivity contribution in [1.29, 1.82) is 0 Å². The lowest BCUT2D eigenvalue weighted by Crippen LogP contribution is -2.05. The largest absolute Gasteiger partial charge is 0.373 e. The SMILES string of the molecule is CCCCCCCCCCCCCCCCCc1ccccc1C(=O)OO. The number of benzene rings is 1. The summed E-state index contributed by atoms with van der Waals surface area (Å²) in [7, 11) is 0. The Balaban J connectivity index is 1.92. The summed E-state index contributed by atoms with van der Waals surface area (Å²) >= 11 is 0. The van der Waals surface area contributed by atoms with Crippen LogP contribution in [0.1, 0.15) is 119 Å². The molecule has 27 heavy (non-hydrogen) atoms. The van der Waals surface area contributed by atoms with Crippen molar-refractivity contribution in [3.63, 3.8) is 0 Å². The fourth-order valence-electron chi connectivity index (χ4n) is 3.67. The minimum atomic E-state index is -0.661. The maximum absolute atomic E-state index is 11.5. The Morgan fingerprint density at radius 1 is 0.741 bits per heavy atom. The first kappa shape index (κ1) is 23.7. The first-order chi connectivity index (χ1) is 13.3. The fourth-order valence-corrected chi connectivity index (χ4v) is 3.67. The Kier molecular flexibility index (Phi) is 14.7. The van der Waals surface area contributed by atoms with Crippen molar-refractivity contribution < 1.29 is 14.9 Å². The smallest absolute Gasteiger partial charge is 0.295 e. The van der Waals surface area contributed by atoms with Crippen LogP contribution in [0.3, 0.4) is 0 Å². The summed E-state index contributed by atoms with van der Waals surface area (Å²) in [5, 5.41) is 8.57. The summed E-state index contributed by atoms with van der Waals surface area (Å²) < 4.78 is 0. The highest BCUT2D eigenvalue weighted by molar-refractivity contribution is 5.90. The van der Waals surface area contributed by atoms with Crippen molar-refractivity contribution >= 4 is 5.97 Å². The minimum Gasteiger partial charge on any atom is -0.295 e. The van der Waals surface area contributed by atoms with Crippen molar-refractivity contribution in [2.75, 3.05) is 0 Å². The van der Waals surface area contributed by atoms with Crippen molar-refractivity contribution in [2.45, 2.75) is 110 Å². The number of hydrogen-bond donors (Lipinski definition) is 1. The number of hydrogen-bond acceptors (Lipinski definition) is 3. The Bertz CT molecular complexity index is 484. The molecule has 0 amide bonds. The van der Waals surface area contributed by atoms with Gasteiger partial charge in [0.15, 0.2) is 0 Å². The summed E-state index contributed by atoms with van der Waals surface area (Å²) in [6, 6.07) is 7.37. The van der Waals surface area contributed by atoms with E-state index in [1.165, 1.54) is 89.9 Å². The molecule has 3 heteroatoms. The van der Waals surface area contributed by atoms with E-state index in [1.807, 2.05) is 12.1 Å². The van der Waals surface area contributed by atoms with Crippen LogP contribution >= 0.6 is 0 Å². The highest BCUT2D eigenvalue weighted by Gasteiger charge is 2.11. The maximum Gasteiger partial charge on any atom is 0.373 e. The third-order valence-corrected chi connectivity index (χ3v) is 5.37. The fraction of sp³-hybridized carbons (Fsp3) is 0.708. The van der Waals surface area contributed by atoms with Crippen LogP contribution in [-0.4, -0.2) is 11.2 Å². The van der Waals surface area contributed by atoms with Crippen LogP contribution in [0.15, 0.2) is 24.3 Å². The topological polar surface area (TPSA) is 46.5 Å². The number of carbonyl (C=O) groups excluding carboxylic acids is 1. The van der Waals surface area contributed by atoms with Crippen LogP contribution in [-0.2, 0) is 11.3 Å². The first-order valence-electron chi connectivity index (χ1n) is 11.2. The van der Waals surface area contributed by atoms with Crippen LogP contribution in [0, 0.1) is 0 Å². The van der Waals surface area contributed by atoms with E-state index < -0.39 is 5.97 Å². The van der Waals surface area contributed by atoms with Crippen LogP contribution in [0.2, 0.25) is 0 Å². The van der Waals surface area contributed by atoms with Crippen molar-refractivity contribution in [2.24, 2.45) is 0 Å². The molecule has 0 aliphatic rings. The third-order valence-electron chi connectivity index (χ3n) is 5.37. The molecule has 1 aromatic rings. The second-order valence-electron chi connectivity index (χ2n) is 7.74. The molecular formula is C24H40O3. The van der Waals surface area contributed by atoms with E-state index in [4.69, 9.17) is 5.26 Å². The van der Waals surface area contributed by atoms with Crippen LogP contribution in [0.4, 0.5) is 0 Å². The third kappa shape index (κ3) is 11.9. The van der Waals surface area contributed by atoms with Gasteiger partial charge in [-0.15, -0.1) is 0 Å². The standard InChI is InChI=1S/C24H40O3/c1-2-3-4-5-6-7-8-9-10-11-12-13-14-15-16-19-22-20-17-18-21-23(22)24(25)27-26/h17-18,20-21,26H,2-16,19H2,1H3. The van der Waals surface area contributed by atoms with Crippen LogP contribution in [0.25, 0.3) is 0 Å². The average Bonchev–Trinajstić information content (AvgIpc) is 2.70. The number of rotatable bonds is 17. The monoisotopic (exact) mass is 376 g/mol. The van der Waals surface area contributed by atoms with Gasteiger partial charge in [-0.3, -0.25) is 4.89 Å². The first-order valence-corrected chi connectivity index (χ1v) is 11.2. The van der Waals surface area contributed by atoms with E-state index in [-0.39, 0.29) is 0 Å². The molecule has 154 valence electrons.